The molecule has 1 unspecified atom stereocenters. The lowest BCUT2D eigenvalue weighted by atomic mass is 9.81. The zero-order chi connectivity index (χ0) is 12.1. The zero-order valence-corrected chi connectivity index (χ0v) is 10.1. The fraction of sp³-hybridized carbons (Fsp3) is 0.583. The van der Waals surface area contributed by atoms with Gasteiger partial charge in [-0.1, -0.05) is 13.3 Å². The fourth-order valence-electron chi connectivity index (χ4n) is 2.36. The number of hydrogen-bond donors (Lipinski definition) is 2. The summed E-state index contributed by atoms with van der Waals surface area (Å²) in [5, 5.41) is 6.12. The summed E-state index contributed by atoms with van der Waals surface area (Å²) in [6.07, 6.45) is 7.55. The number of aromatic nitrogens is 2. The van der Waals surface area contributed by atoms with E-state index in [-0.39, 0.29) is 11.3 Å². The predicted molar refractivity (Wildman–Crippen MR) is 65.5 cm³/mol. The molecule has 1 saturated heterocycles. The van der Waals surface area contributed by atoms with E-state index in [9.17, 15) is 4.79 Å². The minimum absolute atomic E-state index is 0.0600. The molecular weight excluding hydrogens is 216 g/mol. The molecular formula is C12H18N4O. The van der Waals surface area contributed by atoms with Crippen molar-refractivity contribution in [3.05, 3.63) is 18.6 Å². The Morgan fingerprint density at radius 2 is 2.47 bits per heavy atom. The monoisotopic (exact) mass is 234 g/mol. The maximum absolute atomic E-state index is 12.3. The molecule has 17 heavy (non-hydrogen) atoms. The van der Waals surface area contributed by atoms with Crippen LogP contribution in [-0.4, -0.2) is 29.0 Å². The number of amides is 1. The van der Waals surface area contributed by atoms with Crippen LogP contribution in [0.15, 0.2) is 18.6 Å². The Balaban J connectivity index is 2.07. The predicted octanol–water partition coefficient (Wildman–Crippen LogP) is 1.19. The molecule has 5 heteroatoms. The highest BCUT2D eigenvalue weighted by Gasteiger charge is 2.40. The Bertz CT molecular complexity index is 373. The van der Waals surface area contributed by atoms with Crippen molar-refractivity contribution < 1.29 is 4.79 Å². The zero-order valence-electron chi connectivity index (χ0n) is 10.1. The highest BCUT2D eigenvalue weighted by atomic mass is 16.2. The molecule has 0 aliphatic carbocycles. The fourth-order valence-corrected chi connectivity index (χ4v) is 2.36. The molecule has 2 rings (SSSR count). The molecule has 2 heterocycles. The average Bonchev–Trinajstić information content (AvgIpc) is 2.81. The van der Waals surface area contributed by atoms with E-state index < -0.39 is 0 Å². The normalized spacial score (nSPS) is 23.6. The first-order valence-electron chi connectivity index (χ1n) is 6.05. The molecule has 5 nitrogen and oxygen atoms in total. The van der Waals surface area contributed by atoms with Gasteiger partial charge in [-0.05, 0) is 19.4 Å². The molecule has 1 aliphatic heterocycles. The number of nitrogens with zero attached hydrogens (tertiary/aromatic N) is 2. The van der Waals surface area contributed by atoms with Crippen molar-refractivity contribution >= 4 is 11.7 Å². The minimum atomic E-state index is -0.272. The van der Waals surface area contributed by atoms with E-state index in [4.69, 9.17) is 0 Å². The van der Waals surface area contributed by atoms with Crippen molar-refractivity contribution in [2.45, 2.75) is 26.2 Å². The summed E-state index contributed by atoms with van der Waals surface area (Å²) < 4.78 is 0. The van der Waals surface area contributed by atoms with Crippen LogP contribution in [0.3, 0.4) is 0 Å². The third-order valence-corrected chi connectivity index (χ3v) is 3.26. The Kier molecular flexibility index (Phi) is 3.68. The second kappa shape index (κ2) is 5.23. The number of carbonyl (C=O) groups excluding carboxylic acids is 1. The van der Waals surface area contributed by atoms with Gasteiger partial charge in [-0.3, -0.25) is 9.78 Å². The Labute approximate surface area is 101 Å². The van der Waals surface area contributed by atoms with Crippen LogP contribution in [0.25, 0.3) is 0 Å². The average molecular weight is 234 g/mol. The molecule has 0 aromatic carbocycles. The number of carbonyl (C=O) groups is 1. The largest absolute Gasteiger partial charge is 0.316 e. The number of nitrogens with one attached hydrogen (secondary N) is 2. The summed E-state index contributed by atoms with van der Waals surface area (Å²) in [7, 11) is 0. The van der Waals surface area contributed by atoms with Crippen molar-refractivity contribution in [2.24, 2.45) is 5.41 Å². The number of rotatable bonds is 4. The lowest BCUT2D eigenvalue weighted by Gasteiger charge is -2.25. The van der Waals surface area contributed by atoms with Gasteiger partial charge in [-0.25, -0.2) is 4.98 Å². The number of hydrogen-bond acceptors (Lipinski definition) is 4. The minimum Gasteiger partial charge on any atom is -0.316 e. The van der Waals surface area contributed by atoms with Gasteiger partial charge in [-0.2, -0.15) is 0 Å². The van der Waals surface area contributed by atoms with Crippen molar-refractivity contribution in [1.29, 1.82) is 0 Å². The molecule has 1 aromatic heterocycles. The van der Waals surface area contributed by atoms with Crippen LogP contribution >= 0.6 is 0 Å². The van der Waals surface area contributed by atoms with Crippen LogP contribution < -0.4 is 10.6 Å². The molecule has 1 fully saturated rings. The SMILES string of the molecule is CCCC1(C(=O)Nc2cnccn2)CCNC1. The molecule has 0 radical (unpaired) electrons. The van der Waals surface area contributed by atoms with Gasteiger partial charge < -0.3 is 10.6 Å². The Morgan fingerprint density at radius 1 is 1.59 bits per heavy atom. The molecule has 92 valence electrons. The third-order valence-electron chi connectivity index (χ3n) is 3.26. The first kappa shape index (κ1) is 12.0. The Hall–Kier alpha value is -1.49. The highest BCUT2D eigenvalue weighted by molar-refractivity contribution is 5.94. The van der Waals surface area contributed by atoms with E-state index in [1.54, 1.807) is 18.6 Å². The molecule has 1 amide bonds. The van der Waals surface area contributed by atoms with E-state index in [1.165, 1.54) is 0 Å². The molecule has 1 atom stereocenters. The van der Waals surface area contributed by atoms with Crippen molar-refractivity contribution in [1.82, 2.24) is 15.3 Å². The summed E-state index contributed by atoms with van der Waals surface area (Å²) in [5.74, 6) is 0.588. The van der Waals surface area contributed by atoms with E-state index in [0.717, 1.165) is 32.4 Å². The number of anilines is 1. The van der Waals surface area contributed by atoms with E-state index in [1.807, 2.05) is 0 Å². The Morgan fingerprint density at radius 3 is 3.06 bits per heavy atom. The van der Waals surface area contributed by atoms with Crippen LogP contribution in [0.4, 0.5) is 5.82 Å². The van der Waals surface area contributed by atoms with Crippen molar-refractivity contribution in [2.75, 3.05) is 18.4 Å². The van der Waals surface area contributed by atoms with Gasteiger partial charge in [0.15, 0.2) is 5.82 Å². The molecule has 0 saturated carbocycles. The lowest BCUT2D eigenvalue weighted by molar-refractivity contribution is -0.125. The maximum Gasteiger partial charge on any atom is 0.233 e. The summed E-state index contributed by atoms with van der Waals surface area (Å²) in [6.45, 7) is 3.77. The molecule has 0 bridgehead atoms. The summed E-state index contributed by atoms with van der Waals surface area (Å²) in [6, 6.07) is 0. The molecule has 0 spiro atoms. The van der Waals surface area contributed by atoms with Gasteiger partial charge in [0.2, 0.25) is 5.91 Å². The van der Waals surface area contributed by atoms with Gasteiger partial charge in [0.05, 0.1) is 11.6 Å². The van der Waals surface area contributed by atoms with Crippen molar-refractivity contribution in [3.8, 4) is 0 Å². The van der Waals surface area contributed by atoms with E-state index in [2.05, 4.69) is 27.5 Å². The first-order chi connectivity index (χ1) is 8.27. The lowest BCUT2D eigenvalue weighted by Crippen LogP contribution is -2.38. The van der Waals surface area contributed by atoms with Gasteiger partial charge in [0, 0.05) is 18.9 Å². The standard InChI is InChI=1S/C12H18N4O/c1-2-3-12(4-5-14-9-12)11(17)16-10-8-13-6-7-15-10/h6-8,14H,2-5,9H2,1H3,(H,15,16,17). The summed E-state index contributed by atoms with van der Waals surface area (Å²) in [4.78, 5) is 20.3. The third kappa shape index (κ3) is 2.61. The van der Waals surface area contributed by atoms with Crippen LogP contribution in [0, 0.1) is 5.41 Å². The second-order valence-electron chi connectivity index (χ2n) is 4.50. The van der Waals surface area contributed by atoms with Crippen LogP contribution in [0.5, 0.6) is 0 Å². The molecule has 1 aliphatic rings. The molecule has 2 N–H and O–H groups in total. The highest BCUT2D eigenvalue weighted by Crippen LogP contribution is 2.32. The summed E-state index contributed by atoms with van der Waals surface area (Å²) in [5.41, 5.74) is -0.272. The van der Waals surface area contributed by atoms with Gasteiger partial charge in [-0.15, -0.1) is 0 Å². The van der Waals surface area contributed by atoms with Gasteiger partial charge >= 0.3 is 0 Å². The first-order valence-corrected chi connectivity index (χ1v) is 6.05. The van der Waals surface area contributed by atoms with Crippen LogP contribution in [-0.2, 0) is 4.79 Å². The van der Waals surface area contributed by atoms with Crippen LogP contribution in [0.1, 0.15) is 26.2 Å². The summed E-state index contributed by atoms with van der Waals surface area (Å²) >= 11 is 0. The van der Waals surface area contributed by atoms with E-state index in [0.29, 0.717) is 5.82 Å². The van der Waals surface area contributed by atoms with Gasteiger partial charge in [0.1, 0.15) is 0 Å². The van der Waals surface area contributed by atoms with E-state index >= 15 is 0 Å². The quantitative estimate of drug-likeness (QED) is 0.821. The topological polar surface area (TPSA) is 66.9 Å². The maximum atomic E-state index is 12.3. The van der Waals surface area contributed by atoms with Gasteiger partial charge in [0.25, 0.3) is 0 Å². The van der Waals surface area contributed by atoms with Crippen molar-refractivity contribution in [3.63, 3.8) is 0 Å². The second-order valence-corrected chi connectivity index (χ2v) is 4.50. The smallest absolute Gasteiger partial charge is 0.233 e. The van der Waals surface area contributed by atoms with Crippen LogP contribution in [0.2, 0.25) is 0 Å². The molecule has 1 aromatic rings.